The highest BCUT2D eigenvalue weighted by Crippen LogP contribution is 2.38. The maximum Gasteiger partial charge on any atom is 0.422 e. The molecule has 2 N–H and O–H groups in total. The minimum atomic E-state index is -5.67. The van der Waals surface area contributed by atoms with Crippen molar-refractivity contribution >= 4 is 17.9 Å². The zero-order valence-electron chi connectivity index (χ0n) is 14.8. The van der Waals surface area contributed by atoms with Gasteiger partial charge in [-0.05, 0) is 12.1 Å². The first-order valence-corrected chi connectivity index (χ1v) is 7.72. The number of nitrogens with zero attached hydrogens (tertiary/aromatic N) is 1. The van der Waals surface area contributed by atoms with Crippen molar-refractivity contribution in [3.05, 3.63) is 52.6 Å². The average molecular weight is 440 g/mol. The number of hydrazone groups is 1. The van der Waals surface area contributed by atoms with E-state index in [1.807, 2.05) is 0 Å². The van der Waals surface area contributed by atoms with Gasteiger partial charge in [-0.15, -0.1) is 0 Å². The fourth-order valence-electron chi connectivity index (χ4n) is 2.23. The Kier molecular flexibility index (Phi) is 6.74. The summed E-state index contributed by atoms with van der Waals surface area (Å²) < 4.78 is 103. The molecule has 0 bridgehead atoms. The number of methoxy groups -OCH3 is 1. The van der Waals surface area contributed by atoms with Crippen LogP contribution < -0.4 is 14.9 Å². The van der Waals surface area contributed by atoms with Crippen LogP contribution in [0.15, 0.2) is 23.3 Å². The molecule has 0 fully saturated rings. The molecule has 0 amide bonds. The molecule has 0 aliphatic heterocycles. The number of rotatable bonds is 7. The summed E-state index contributed by atoms with van der Waals surface area (Å²) in [6.07, 6.45) is -4.86. The maximum atomic E-state index is 13.8. The topological polar surface area (TPSA) is 80.1 Å². The van der Waals surface area contributed by atoms with Crippen LogP contribution in [0.2, 0.25) is 0 Å². The molecule has 0 aliphatic rings. The largest absolute Gasteiger partial charge is 0.493 e. The van der Waals surface area contributed by atoms with Crippen LogP contribution in [0.25, 0.3) is 0 Å². The first-order chi connectivity index (χ1) is 14.0. The molecule has 6 nitrogen and oxygen atoms in total. The number of nitrogens with one attached hydrogen (secondary N) is 1. The number of benzene rings is 2. The normalized spacial score (nSPS) is 11.6. The van der Waals surface area contributed by atoms with Gasteiger partial charge in [0.15, 0.2) is 41.4 Å². The van der Waals surface area contributed by atoms with Gasteiger partial charge in [0.25, 0.3) is 0 Å². The van der Waals surface area contributed by atoms with Gasteiger partial charge in [-0.1, -0.05) is 6.07 Å². The lowest BCUT2D eigenvalue weighted by Crippen LogP contribution is -2.16. The number of carboxylic acid groups (broad SMARTS) is 1. The van der Waals surface area contributed by atoms with E-state index in [1.165, 1.54) is 25.3 Å². The van der Waals surface area contributed by atoms with Gasteiger partial charge in [0, 0.05) is 5.56 Å². The van der Waals surface area contributed by atoms with Crippen LogP contribution in [0.1, 0.15) is 11.1 Å². The van der Waals surface area contributed by atoms with Gasteiger partial charge < -0.3 is 14.6 Å². The molecule has 0 heterocycles. The summed E-state index contributed by atoms with van der Waals surface area (Å²) >= 11 is 0. The van der Waals surface area contributed by atoms with Crippen molar-refractivity contribution in [2.45, 2.75) is 6.18 Å². The van der Waals surface area contributed by atoms with Crippen molar-refractivity contribution in [1.82, 2.24) is 0 Å². The second kappa shape index (κ2) is 8.88. The Hall–Kier alpha value is -3.51. The molecule has 2 aromatic rings. The molecule has 0 aliphatic carbocycles. The van der Waals surface area contributed by atoms with E-state index < -0.39 is 53.3 Å². The summed E-state index contributed by atoms with van der Waals surface area (Å²) in [6, 6.07) is 4.11. The number of ether oxygens (including phenoxy) is 2. The van der Waals surface area contributed by atoms with E-state index in [1.54, 1.807) is 5.43 Å². The van der Waals surface area contributed by atoms with Crippen molar-refractivity contribution in [2.75, 3.05) is 19.1 Å². The molecule has 2 rings (SSSR count). The number of carboxylic acids is 1. The predicted octanol–water partition coefficient (Wildman–Crippen LogP) is 4.18. The Morgan fingerprint density at radius 3 is 2.23 bits per heavy atom. The Balaban J connectivity index is 2.40. The summed E-state index contributed by atoms with van der Waals surface area (Å²) in [5.41, 5.74) is -2.73. The lowest BCUT2D eigenvalue weighted by Gasteiger charge is -2.14. The number of halogens is 7. The number of anilines is 1. The quantitative estimate of drug-likeness (QED) is 0.292. The molecule has 0 atom stereocenters. The average Bonchev–Trinajstić information content (AvgIpc) is 2.66. The zero-order valence-corrected chi connectivity index (χ0v) is 14.8. The van der Waals surface area contributed by atoms with E-state index >= 15 is 0 Å². The van der Waals surface area contributed by atoms with Gasteiger partial charge in [0.05, 0.1) is 13.3 Å². The molecule has 0 saturated carbocycles. The van der Waals surface area contributed by atoms with Gasteiger partial charge >= 0.3 is 12.1 Å². The van der Waals surface area contributed by atoms with E-state index in [9.17, 15) is 35.5 Å². The summed E-state index contributed by atoms with van der Waals surface area (Å²) in [5, 5.41) is 12.0. The highest BCUT2D eigenvalue weighted by molar-refractivity contribution is 5.86. The van der Waals surface area contributed by atoms with Gasteiger partial charge in [-0.2, -0.15) is 18.3 Å². The molecular formula is C17H11F7N2O4. The lowest BCUT2D eigenvalue weighted by molar-refractivity contribution is -0.143. The van der Waals surface area contributed by atoms with Crippen LogP contribution in [0, 0.1) is 23.3 Å². The first kappa shape index (κ1) is 22.8. The van der Waals surface area contributed by atoms with Crippen LogP contribution in [0.3, 0.4) is 0 Å². The third kappa shape index (κ3) is 4.72. The Labute approximate surface area is 163 Å². The molecule has 0 aromatic heterocycles. The summed E-state index contributed by atoms with van der Waals surface area (Å²) in [6.45, 7) is -0.784. The van der Waals surface area contributed by atoms with Crippen molar-refractivity contribution in [2.24, 2.45) is 5.10 Å². The van der Waals surface area contributed by atoms with Crippen molar-refractivity contribution in [1.29, 1.82) is 0 Å². The zero-order chi connectivity index (χ0) is 22.6. The second-order valence-corrected chi connectivity index (χ2v) is 5.43. The van der Waals surface area contributed by atoms with E-state index in [-0.39, 0.29) is 17.1 Å². The summed E-state index contributed by atoms with van der Waals surface area (Å²) in [4.78, 5) is 10.7. The number of para-hydroxylation sites is 1. The van der Waals surface area contributed by atoms with Gasteiger partial charge in [0.2, 0.25) is 0 Å². The van der Waals surface area contributed by atoms with Gasteiger partial charge in [0.1, 0.15) is 11.3 Å². The monoisotopic (exact) mass is 440 g/mol. The van der Waals surface area contributed by atoms with Gasteiger partial charge in [-0.3, -0.25) is 5.43 Å². The van der Waals surface area contributed by atoms with Crippen LogP contribution in [0.5, 0.6) is 11.5 Å². The number of hydrogen-bond acceptors (Lipinski definition) is 5. The van der Waals surface area contributed by atoms with Crippen LogP contribution >= 0.6 is 0 Å². The number of carbonyl (C=O) groups is 1. The van der Waals surface area contributed by atoms with E-state index in [0.29, 0.717) is 0 Å². The molecule has 0 radical (unpaired) electrons. The SMILES string of the molecule is COc1cccc(/C=N\Nc2c(F)c(F)c(C(F)(F)F)c(F)c2F)c1OCC(=O)O. The van der Waals surface area contributed by atoms with Crippen molar-refractivity contribution in [3.63, 3.8) is 0 Å². The number of hydrogen-bond donors (Lipinski definition) is 2. The number of alkyl halides is 3. The lowest BCUT2D eigenvalue weighted by atomic mass is 10.1. The standard InChI is InChI=1S/C17H11F7N2O4/c1-29-8-4-2-3-7(16(8)30-6-9(27)28)5-25-26-15-13(20)11(18)10(17(22,23)24)12(19)14(15)21/h2-5,26H,6H2,1H3,(H,27,28)/b25-5-. The Bertz CT molecular complexity index is 964. The van der Waals surface area contributed by atoms with Crippen LogP contribution in [-0.2, 0) is 11.0 Å². The predicted molar refractivity (Wildman–Crippen MR) is 88.6 cm³/mol. The first-order valence-electron chi connectivity index (χ1n) is 7.72. The smallest absolute Gasteiger partial charge is 0.422 e. The van der Waals surface area contributed by atoms with Crippen LogP contribution in [-0.4, -0.2) is 31.0 Å². The van der Waals surface area contributed by atoms with E-state index in [4.69, 9.17) is 14.6 Å². The van der Waals surface area contributed by atoms with Crippen molar-refractivity contribution < 1.29 is 50.1 Å². The fourth-order valence-corrected chi connectivity index (χ4v) is 2.23. The number of aliphatic carboxylic acids is 1. The second-order valence-electron chi connectivity index (χ2n) is 5.43. The molecule has 30 heavy (non-hydrogen) atoms. The minimum Gasteiger partial charge on any atom is -0.493 e. The third-order valence-electron chi connectivity index (χ3n) is 3.50. The highest BCUT2D eigenvalue weighted by atomic mass is 19.4. The Morgan fingerprint density at radius 1 is 1.13 bits per heavy atom. The third-order valence-corrected chi connectivity index (χ3v) is 3.50. The van der Waals surface area contributed by atoms with E-state index in [2.05, 4.69) is 5.10 Å². The molecule has 162 valence electrons. The fraction of sp³-hybridized carbons (Fsp3) is 0.176. The van der Waals surface area contributed by atoms with Gasteiger partial charge in [-0.25, -0.2) is 22.4 Å². The summed E-state index contributed by atoms with van der Waals surface area (Å²) in [7, 11) is 1.24. The van der Waals surface area contributed by atoms with Crippen molar-refractivity contribution in [3.8, 4) is 11.5 Å². The molecule has 0 spiro atoms. The van der Waals surface area contributed by atoms with Crippen LogP contribution in [0.4, 0.5) is 36.4 Å². The summed E-state index contributed by atoms with van der Waals surface area (Å²) in [5.74, 6) is -11.4. The Morgan fingerprint density at radius 2 is 1.73 bits per heavy atom. The molecule has 0 saturated heterocycles. The molecule has 2 aromatic carbocycles. The molecule has 0 unspecified atom stereocenters. The minimum absolute atomic E-state index is 0.0109. The maximum absolute atomic E-state index is 13.8. The molecule has 13 heteroatoms. The highest BCUT2D eigenvalue weighted by Gasteiger charge is 2.42. The molecular weight excluding hydrogens is 429 g/mol. The van der Waals surface area contributed by atoms with E-state index in [0.717, 1.165) is 6.21 Å².